The smallest absolute Gasteiger partial charge is 0.205 e. The lowest BCUT2D eigenvalue weighted by Crippen LogP contribution is -2.09. The summed E-state index contributed by atoms with van der Waals surface area (Å²) in [6.45, 7) is 1.22. The molecule has 0 saturated carbocycles. The summed E-state index contributed by atoms with van der Waals surface area (Å²) in [6.07, 6.45) is 1.68. The highest BCUT2D eigenvalue weighted by molar-refractivity contribution is 5.91. The Morgan fingerprint density at radius 3 is 2.58 bits per heavy atom. The van der Waals surface area contributed by atoms with Crippen molar-refractivity contribution >= 4 is 11.0 Å². The Balaban J connectivity index is 2.05. The second-order valence-electron chi connectivity index (χ2n) is 5.95. The van der Waals surface area contributed by atoms with E-state index in [0.717, 1.165) is 25.5 Å². The van der Waals surface area contributed by atoms with E-state index in [9.17, 15) is 15.0 Å². The Morgan fingerprint density at radius 2 is 1.85 bits per heavy atom. The number of ether oxygens (including phenoxy) is 1. The highest BCUT2D eigenvalue weighted by Gasteiger charge is 2.19. The number of fused-ring (bicyclic) bond motifs is 1. The zero-order chi connectivity index (χ0) is 18.5. The van der Waals surface area contributed by atoms with Crippen LogP contribution < -0.4 is 15.5 Å². The van der Waals surface area contributed by atoms with E-state index in [1.807, 2.05) is 37.4 Å². The molecule has 0 bridgehead atoms. The molecule has 6 heteroatoms. The molecule has 0 aliphatic carbocycles. The van der Waals surface area contributed by atoms with Gasteiger partial charge in [-0.2, -0.15) is 0 Å². The van der Waals surface area contributed by atoms with Crippen molar-refractivity contribution in [1.29, 1.82) is 0 Å². The lowest BCUT2D eigenvalue weighted by atomic mass is 10.1. The molecule has 0 atom stereocenters. The van der Waals surface area contributed by atoms with Crippen LogP contribution in [-0.4, -0.2) is 30.4 Å². The van der Waals surface area contributed by atoms with Crippen molar-refractivity contribution in [2.75, 3.05) is 20.2 Å². The molecule has 0 amide bonds. The third kappa shape index (κ3) is 3.65. The fraction of sp³-hybridized carbons (Fsp3) is 0.250. The molecular formula is C20H21NO5. The summed E-state index contributed by atoms with van der Waals surface area (Å²) in [7, 11) is 1.87. The molecule has 0 spiro atoms. The van der Waals surface area contributed by atoms with Crippen molar-refractivity contribution in [3.8, 4) is 28.6 Å². The summed E-state index contributed by atoms with van der Waals surface area (Å²) < 4.78 is 11.5. The highest BCUT2D eigenvalue weighted by atomic mass is 16.5. The van der Waals surface area contributed by atoms with Gasteiger partial charge in [-0.25, -0.2) is 0 Å². The molecule has 0 radical (unpaired) electrons. The predicted molar refractivity (Wildman–Crippen MR) is 99.9 cm³/mol. The molecule has 0 aliphatic heterocycles. The van der Waals surface area contributed by atoms with Crippen LogP contribution >= 0.6 is 0 Å². The lowest BCUT2D eigenvalue weighted by Gasteiger charge is -2.12. The number of aromatic hydroxyl groups is 2. The normalized spacial score (nSPS) is 11.0. The van der Waals surface area contributed by atoms with E-state index in [4.69, 9.17) is 9.15 Å². The molecule has 1 heterocycles. The van der Waals surface area contributed by atoms with Crippen LogP contribution in [0, 0.1) is 0 Å². The first-order valence-corrected chi connectivity index (χ1v) is 8.47. The Bertz CT molecular complexity index is 950. The molecule has 3 rings (SSSR count). The van der Waals surface area contributed by atoms with Crippen molar-refractivity contribution < 1.29 is 19.4 Å². The number of rotatable bonds is 7. The van der Waals surface area contributed by atoms with Gasteiger partial charge in [0, 0.05) is 17.7 Å². The van der Waals surface area contributed by atoms with Crippen molar-refractivity contribution in [3.05, 3.63) is 52.7 Å². The van der Waals surface area contributed by atoms with Crippen LogP contribution in [0.1, 0.15) is 12.8 Å². The minimum absolute atomic E-state index is 0.00675. The van der Waals surface area contributed by atoms with Crippen molar-refractivity contribution in [1.82, 2.24) is 5.32 Å². The average Bonchev–Trinajstić information content (AvgIpc) is 2.64. The molecule has 2 aromatic carbocycles. The second kappa shape index (κ2) is 7.93. The third-order valence-electron chi connectivity index (χ3n) is 4.04. The van der Waals surface area contributed by atoms with Gasteiger partial charge in [0.15, 0.2) is 16.8 Å². The lowest BCUT2D eigenvalue weighted by molar-refractivity contribution is 0.289. The quantitative estimate of drug-likeness (QED) is 0.564. The molecule has 0 aliphatic rings. The largest absolute Gasteiger partial charge is 0.507 e. The maximum Gasteiger partial charge on any atom is 0.205 e. The van der Waals surface area contributed by atoms with Gasteiger partial charge in [-0.15, -0.1) is 0 Å². The first-order chi connectivity index (χ1) is 12.6. The van der Waals surface area contributed by atoms with E-state index < -0.39 is 5.43 Å². The summed E-state index contributed by atoms with van der Waals surface area (Å²) in [4.78, 5) is 12.5. The van der Waals surface area contributed by atoms with Gasteiger partial charge >= 0.3 is 0 Å². The van der Waals surface area contributed by atoms with Crippen molar-refractivity contribution in [3.63, 3.8) is 0 Å². The summed E-state index contributed by atoms with van der Waals surface area (Å²) in [6, 6.07) is 11.6. The fourth-order valence-corrected chi connectivity index (χ4v) is 2.74. The van der Waals surface area contributed by atoms with Crippen LogP contribution in [0.3, 0.4) is 0 Å². The topological polar surface area (TPSA) is 91.9 Å². The molecule has 3 aromatic rings. The van der Waals surface area contributed by atoms with Crippen LogP contribution in [0.15, 0.2) is 51.7 Å². The highest BCUT2D eigenvalue weighted by Crippen LogP contribution is 2.40. The van der Waals surface area contributed by atoms with E-state index in [0.29, 0.717) is 17.9 Å². The SMILES string of the molecule is CNCCCCOc1c(O)cc(O)c2c(=O)cc(-c3ccccc3)oc12. The van der Waals surface area contributed by atoms with Gasteiger partial charge in [0.25, 0.3) is 0 Å². The van der Waals surface area contributed by atoms with E-state index in [1.165, 1.54) is 6.07 Å². The summed E-state index contributed by atoms with van der Waals surface area (Å²) in [5, 5.41) is 23.3. The summed E-state index contributed by atoms with van der Waals surface area (Å²) in [5.41, 5.74) is 0.361. The molecule has 0 unspecified atom stereocenters. The Morgan fingerprint density at radius 1 is 1.08 bits per heavy atom. The molecule has 0 saturated heterocycles. The van der Waals surface area contributed by atoms with Gasteiger partial charge in [0.2, 0.25) is 5.75 Å². The van der Waals surface area contributed by atoms with E-state index >= 15 is 0 Å². The summed E-state index contributed by atoms with van der Waals surface area (Å²) in [5.74, 6) is -0.198. The fourth-order valence-electron chi connectivity index (χ4n) is 2.74. The number of unbranched alkanes of at least 4 members (excludes halogenated alkanes) is 1. The van der Waals surface area contributed by atoms with Crippen molar-refractivity contribution in [2.45, 2.75) is 12.8 Å². The first kappa shape index (κ1) is 17.8. The van der Waals surface area contributed by atoms with Gasteiger partial charge in [0.1, 0.15) is 16.9 Å². The number of phenolic OH excluding ortho intramolecular Hbond substituents is 2. The average molecular weight is 355 g/mol. The molecule has 6 nitrogen and oxygen atoms in total. The van der Waals surface area contributed by atoms with E-state index in [2.05, 4.69) is 5.32 Å². The first-order valence-electron chi connectivity index (χ1n) is 8.47. The molecular weight excluding hydrogens is 334 g/mol. The van der Waals surface area contributed by atoms with Gasteiger partial charge in [-0.1, -0.05) is 30.3 Å². The number of benzene rings is 2. The zero-order valence-corrected chi connectivity index (χ0v) is 14.5. The number of nitrogens with one attached hydrogen (secondary N) is 1. The minimum atomic E-state index is -0.400. The second-order valence-corrected chi connectivity index (χ2v) is 5.95. The van der Waals surface area contributed by atoms with Crippen LogP contribution in [0.5, 0.6) is 17.2 Å². The maximum atomic E-state index is 12.5. The third-order valence-corrected chi connectivity index (χ3v) is 4.04. The Kier molecular flexibility index (Phi) is 5.43. The Hall–Kier alpha value is -2.99. The van der Waals surface area contributed by atoms with Gasteiger partial charge in [0.05, 0.1) is 6.61 Å². The molecule has 3 N–H and O–H groups in total. The summed E-state index contributed by atoms with van der Waals surface area (Å²) >= 11 is 0. The maximum absolute atomic E-state index is 12.5. The number of hydrogen-bond donors (Lipinski definition) is 3. The van der Waals surface area contributed by atoms with Crippen LogP contribution in [-0.2, 0) is 0 Å². The van der Waals surface area contributed by atoms with Crippen LogP contribution in [0.4, 0.5) is 0 Å². The molecule has 26 heavy (non-hydrogen) atoms. The van der Waals surface area contributed by atoms with Crippen molar-refractivity contribution in [2.24, 2.45) is 0 Å². The monoisotopic (exact) mass is 355 g/mol. The van der Waals surface area contributed by atoms with E-state index in [-0.39, 0.29) is 28.2 Å². The number of phenols is 2. The van der Waals surface area contributed by atoms with Gasteiger partial charge < -0.3 is 24.7 Å². The van der Waals surface area contributed by atoms with Gasteiger partial charge in [-0.05, 0) is 26.4 Å². The molecule has 1 aromatic heterocycles. The number of hydrogen-bond acceptors (Lipinski definition) is 6. The molecule has 0 fully saturated rings. The van der Waals surface area contributed by atoms with E-state index in [1.54, 1.807) is 0 Å². The zero-order valence-electron chi connectivity index (χ0n) is 14.5. The molecule has 136 valence electrons. The predicted octanol–water partition coefficient (Wildman–Crippen LogP) is 3.25. The Labute approximate surface area is 150 Å². The minimum Gasteiger partial charge on any atom is -0.507 e. The van der Waals surface area contributed by atoms with Crippen LogP contribution in [0.25, 0.3) is 22.3 Å². The van der Waals surface area contributed by atoms with Gasteiger partial charge in [-0.3, -0.25) is 4.79 Å². The standard InChI is InChI=1S/C20H21NO5/c1-21-9-5-6-10-25-19-16(24)11-14(22)18-15(23)12-17(26-20(18)19)13-7-3-2-4-8-13/h2-4,7-8,11-12,21-22,24H,5-6,9-10H2,1H3. The van der Waals surface area contributed by atoms with Crippen LogP contribution in [0.2, 0.25) is 0 Å².